The summed E-state index contributed by atoms with van der Waals surface area (Å²) >= 11 is 7.25. The van der Waals surface area contributed by atoms with Crippen molar-refractivity contribution >= 4 is 46.3 Å². The van der Waals surface area contributed by atoms with Crippen LogP contribution in [0.1, 0.15) is 33.6 Å². The van der Waals surface area contributed by atoms with Gasteiger partial charge in [-0.05, 0) is 43.2 Å². The predicted molar refractivity (Wildman–Crippen MR) is 118 cm³/mol. The molecule has 0 saturated carbocycles. The smallest absolute Gasteiger partial charge is 0.321 e. The van der Waals surface area contributed by atoms with Gasteiger partial charge in [-0.15, -0.1) is 10.2 Å². The number of carbonyl (C=O) groups is 2. The van der Waals surface area contributed by atoms with Gasteiger partial charge in [-0.3, -0.25) is 4.79 Å². The minimum atomic E-state index is -0.305. The van der Waals surface area contributed by atoms with Gasteiger partial charge in [-0.1, -0.05) is 47.2 Å². The number of rotatable bonds is 4. The van der Waals surface area contributed by atoms with Gasteiger partial charge >= 0.3 is 6.03 Å². The Morgan fingerprint density at radius 2 is 1.70 bits per heavy atom. The van der Waals surface area contributed by atoms with Gasteiger partial charge < -0.3 is 15.5 Å². The second-order valence-corrected chi connectivity index (χ2v) is 8.41. The molecule has 9 heteroatoms. The highest BCUT2D eigenvalue weighted by Crippen LogP contribution is 2.30. The van der Waals surface area contributed by atoms with Crippen LogP contribution in [0.2, 0.25) is 5.02 Å². The van der Waals surface area contributed by atoms with E-state index in [4.69, 9.17) is 11.6 Å². The molecule has 0 radical (unpaired) electrons. The number of para-hydroxylation sites is 1. The molecule has 2 heterocycles. The van der Waals surface area contributed by atoms with Crippen molar-refractivity contribution in [3.63, 3.8) is 0 Å². The summed E-state index contributed by atoms with van der Waals surface area (Å²) in [6.45, 7) is 1.26. The van der Waals surface area contributed by atoms with Crippen LogP contribution in [0.4, 0.5) is 16.2 Å². The van der Waals surface area contributed by atoms with E-state index in [-0.39, 0.29) is 17.9 Å². The Labute approximate surface area is 183 Å². The van der Waals surface area contributed by atoms with E-state index in [1.54, 1.807) is 29.2 Å². The molecule has 3 aromatic rings. The van der Waals surface area contributed by atoms with Gasteiger partial charge in [-0.25, -0.2) is 4.79 Å². The monoisotopic (exact) mass is 441 g/mol. The summed E-state index contributed by atoms with van der Waals surface area (Å²) in [4.78, 5) is 26.7. The summed E-state index contributed by atoms with van der Waals surface area (Å²) < 4.78 is 0. The number of piperidine rings is 1. The average Bonchev–Trinajstić information content (AvgIpc) is 3.25. The third kappa shape index (κ3) is 4.95. The maximum absolute atomic E-state index is 12.4. The molecule has 4 rings (SSSR count). The summed E-state index contributed by atoms with van der Waals surface area (Å²) in [5, 5.41) is 15.7. The van der Waals surface area contributed by atoms with Crippen LogP contribution in [0.5, 0.6) is 0 Å². The van der Waals surface area contributed by atoms with Crippen molar-refractivity contribution in [3.8, 4) is 0 Å². The van der Waals surface area contributed by atoms with Crippen molar-refractivity contribution in [2.24, 2.45) is 0 Å². The van der Waals surface area contributed by atoms with E-state index >= 15 is 0 Å². The van der Waals surface area contributed by atoms with Crippen molar-refractivity contribution in [1.29, 1.82) is 0 Å². The molecule has 1 aliphatic heterocycles. The van der Waals surface area contributed by atoms with Crippen molar-refractivity contribution in [2.75, 3.05) is 23.7 Å². The highest BCUT2D eigenvalue weighted by molar-refractivity contribution is 7.13. The Kier molecular flexibility index (Phi) is 6.25. The third-order valence-corrected chi connectivity index (χ3v) is 6.19. The zero-order valence-corrected chi connectivity index (χ0v) is 17.6. The molecule has 0 spiro atoms. The predicted octanol–water partition coefficient (Wildman–Crippen LogP) is 4.86. The molecule has 154 valence electrons. The molecule has 0 bridgehead atoms. The molecular formula is C21H20ClN5O2S. The summed E-state index contributed by atoms with van der Waals surface area (Å²) in [5.74, 6) is -0.114. The largest absolute Gasteiger partial charge is 0.324 e. The van der Waals surface area contributed by atoms with E-state index < -0.39 is 0 Å². The zero-order valence-electron chi connectivity index (χ0n) is 16.0. The Balaban J connectivity index is 1.31. The minimum Gasteiger partial charge on any atom is -0.324 e. The van der Waals surface area contributed by atoms with E-state index in [0.717, 1.165) is 23.5 Å². The standard InChI is InChI=1S/C21H20ClN5O2S/c22-15-5-4-8-17(13-15)23-18(28)20-26-25-19(30-20)14-9-11-27(12-10-14)21(29)24-16-6-2-1-3-7-16/h1-8,13-14H,9-12H2,(H,23,28)(H,24,29). The normalized spacial score (nSPS) is 14.4. The van der Waals surface area contributed by atoms with E-state index in [1.807, 2.05) is 30.3 Å². The molecule has 0 unspecified atom stereocenters. The molecule has 1 fully saturated rings. The van der Waals surface area contributed by atoms with Crippen LogP contribution in [0.15, 0.2) is 54.6 Å². The van der Waals surface area contributed by atoms with Gasteiger partial charge in [0.25, 0.3) is 5.91 Å². The van der Waals surface area contributed by atoms with Gasteiger partial charge in [0.1, 0.15) is 5.01 Å². The Hall–Kier alpha value is -2.97. The first kappa shape index (κ1) is 20.3. The summed E-state index contributed by atoms with van der Waals surface area (Å²) in [7, 11) is 0. The highest BCUT2D eigenvalue weighted by atomic mass is 35.5. The van der Waals surface area contributed by atoms with Crippen LogP contribution in [0, 0.1) is 0 Å². The lowest BCUT2D eigenvalue weighted by Gasteiger charge is -2.30. The second kappa shape index (κ2) is 9.23. The minimum absolute atomic E-state index is 0.0986. The first-order valence-electron chi connectivity index (χ1n) is 9.60. The Morgan fingerprint density at radius 3 is 2.43 bits per heavy atom. The number of aromatic nitrogens is 2. The summed E-state index contributed by atoms with van der Waals surface area (Å²) in [5.41, 5.74) is 1.39. The van der Waals surface area contributed by atoms with Crippen molar-refractivity contribution in [2.45, 2.75) is 18.8 Å². The molecule has 0 atom stereocenters. The number of carbonyl (C=O) groups excluding carboxylic acids is 2. The molecule has 0 aliphatic carbocycles. The second-order valence-electron chi connectivity index (χ2n) is 6.97. The third-order valence-electron chi connectivity index (χ3n) is 4.87. The number of hydrogen-bond donors (Lipinski definition) is 2. The van der Waals surface area contributed by atoms with Crippen molar-refractivity contribution < 1.29 is 9.59 Å². The van der Waals surface area contributed by atoms with Gasteiger partial charge in [0.2, 0.25) is 5.01 Å². The fourth-order valence-electron chi connectivity index (χ4n) is 3.30. The number of halogens is 1. The average molecular weight is 442 g/mol. The van der Waals surface area contributed by atoms with Crippen LogP contribution in [-0.2, 0) is 0 Å². The number of hydrogen-bond acceptors (Lipinski definition) is 5. The van der Waals surface area contributed by atoms with Gasteiger partial charge in [0.05, 0.1) is 0 Å². The molecule has 1 aliphatic rings. The van der Waals surface area contributed by atoms with Crippen molar-refractivity contribution in [1.82, 2.24) is 15.1 Å². The van der Waals surface area contributed by atoms with E-state index in [9.17, 15) is 9.59 Å². The first-order valence-corrected chi connectivity index (χ1v) is 10.8. The van der Waals surface area contributed by atoms with E-state index in [1.165, 1.54) is 11.3 Å². The number of amides is 3. The fraction of sp³-hybridized carbons (Fsp3) is 0.238. The van der Waals surface area contributed by atoms with E-state index in [0.29, 0.717) is 28.8 Å². The van der Waals surface area contributed by atoms with Crippen LogP contribution in [0.3, 0.4) is 0 Å². The lowest BCUT2D eigenvalue weighted by molar-refractivity contribution is 0.102. The molecule has 7 nitrogen and oxygen atoms in total. The number of nitrogens with one attached hydrogen (secondary N) is 2. The highest BCUT2D eigenvalue weighted by Gasteiger charge is 2.27. The number of nitrogens with zero attached hydrogens (tertiary/aromatic N) is 3. The molecular weight excluding hydrogens is 422 g/mol. The Bertz CT molecular complexity index is 1030. The molecule has 30 heavy (non-hydrogen) atoms. The maximum atomic E-state index is 12.4. The van der Waals surface area contributed by atoms with Crippen molar-refractivity contribution in [3.05, 3.63) is 69.6 Å². The van der Waals surface area contributed by atoms with E-state index in [2.05, 4.69) is 20.8 Å². The molecule has 2 N–H and O–H groups in total. The topological polar surface area (TPSA) is 87.2 Å². The number of benzene rings is 2. The number of anilines is 2. The zero-order chi connectivity index (χ0) is 20.9. The quantitative estimate of drug-likeness (QED) is 0.605. The SMILES string of the molecule is O=C(Nc1cccc(Cl)c1)c1nnc(C2CCN(C(=O)Nc3ccccc3)CC2)s1. The van der Waals surface area contributed by atoms with Crippen LogP contribution >= 0.6 is 22.9 Å². The van der Waals surface area contributed by atoms with Crippen LogP contribution in [-0.4, -0.2) is 40.1 Å². The molecule has 3 amide bonds. The first-order chi connectivity index (χ1) is 14.6. The molecule has 2 aromatic carbocycles. The van der Waals surface area contributed by atoms with Gasteiger partial charge in [0, 0.05) is 35.4 Å². The Morgan fingerprint density at radius 1 is 0.967 bits per heavy atom. The molecule has 1 aromatic heterocycles. The molecule has 1 saturated heterocycles. The summed E-state index contributed by atoms with van der Waals surface area (Å²) in [6, 6.07) is 16.3. The number of likely N-dealkylation sites (tertiary alicyclic amines) is 1. The van der Waals surface area contributed by atoms with Crippen LogP contribution in [0.25, 0.3) is 0 Å². The lowest BCUT2D eigenvalue weighted by atomic mass is 9.98. The maximum Gasteiger partial charge on any atom is 0.321 e. The summed E-state index contributed by atoms with van der Waals surface area (Å²) in [6.07, 6.45) is 1.57. The number of urea groups is 1. The lowest BCUT2D eigenvalue weighted by Crippen LogP contribution is -2.40. The van der Waals surface area contributed by atoms with Gasteiger partial charge in [0.15, 0.2) is 0 Å². The fourth-order valence-corrected chi connectivity index (χ4v) is 4.39. The van der Waals surface area contributed by atoms with Gasteiger partial charge in [-0.2, -0.15) is 0 Å². The van der Waals surface area contributed by atoms with Crippen LogP contribution < -0.4 is 10.6 Å².